The molecule has 0 radical (unpaired) electrons. The Hall–Kier alpha value is -1.36. The van der Waals surface area contributed by atoms with Gasteiger partial charge in [0, 0.05) is 25.6 Å². The van der Waals surface area contributed by atoms with Crippen molar-refractivity contribution in [3.05, 3.63) is 22.2 Å². The molecular weight excluding hydrogens is 252 g/mol. The highest BCUT2D eigenvalue weighted by atomic mass is 16.1. The van der Waals surface area contributed by atoms with Crippen LogP contribution >= 0.6 is 0 Å². The fraction of sp³-hybridized carbons (Fsp3) is 0.733. The predicted octanol–water partition coefficient (Wildman–Crippen LogP) is 1.43. The van der Waals surface area contributed by atoms with Crippen LogP contribution in [-0.2, 0) is 0 Å². The van der Waals surface area contributed by atoms with E-state index in [9.17, 15) is 4.79 Å². The second-order valence-corrected chi connectivity index (χ2v) is 6.39. The monoisotopic (exact) mass is 276 g/mol. The lowest BCUT2D eigenvalue weighted by Crippen LogP contribution is -2.36. The maximum absolute atomic E-state index is 11.8. The highest BCUT2D eigenvalue weighted by Gasteiger charge is 2.27. The summed E-state index contributed by atoms with van der Waals surface area (Å²) in [6, 6.07) is 1.63. The molecule has 110 valence electrons. The summed E-state index contributed by atoms with van der Waals surface area (Å²) in [7, 11) is 4.23. The van der Waals surface area contributed by atoms with Crippen molar-refractivity contribution in [1.29, 1.82) is 0 Å². The minimum absolute atomic E-state index is 0.0212. The van der Waals surface area contributed by atoms with E-state index in [1.54, 1.807) is 6.07 Å². The maximum Gasteiger partial charge on any atom is 0.252 e. The van der Waals surface area contributed by atoms with E-state index in [4.69, 9.17) is 0 Å². The molecule has 1 aliphatic heterocycles. The second-order valence-electron chi connectivity index (χ2n) is 6.39. The number of rotatable bonds is 4. The third kappa shape index (κ3) is 3.20. The van der Waals surface area contributed by atoms with Gasteiger partial charge in [-0.3, -0.25) is 4.79 Å². The van der Waals surface area contributed by atoms with Gasteiger partial charge in [-0.2, -0.15) is 0 Å². The quantitative estimate of drug-likeness (QED) is 0.904. The lowest BCUT2D eigenvalue weighted by atomic mass is 9.97. The van der Waals surface area contributed by atoms with Gasteiger partial charge in [0.05, 0.1) is 0 Å². The van der Waals surface area contributed by atoms with E-state index >= 15 is 0 Å². The lowest BCUT2D eigenvalue weighted by Gasteiger charge is -2.32. The van der Waals surface area contributed by atoms with Crippen molar-refractivity contribution in [2.24, 2.45) is 5.92 Å². The van der Waals surface area contributed by atoms with Gasteiger partial charge in [0.1, 0.15) is 11.6 Å². The number of nitrogens with zero attached hydrogens (tertiary/aromatic N) is 3. The molecule has 1 aliphatic carbocycles. The molecule has 1 saturated carbocycles. The van der Waals surface area contributed by atoms with Crippen molar-refractivity contribution in [1.82, 2.24) is 14.9 Å². The first-order valence-corrected chi connectivity index (χ1v) is 7.63. The van der Waals surface area contributed by atoms with E-state index in [1.165, 1.54) is 25.9 Å². The predicted molar refractivity (Wildman–Crippen MR) is 80.3 cm³/mol. The van der Waals surface area contributed by atoms with E-state index in [0.717, 1.165) is 31.0 Å². The average Bonchev–Trinajstić information content (AvgIpc) is 3.25. The van der Waals surface area contributed by atoms with E-state index in [0.29, 0.717) is 11.8 Å². The van der Waals surface area contributed by atoms with E-state index in [-0.39, 0.29) is 5.56 Å². The van der Waals surface area contributed by atoms with Crippen molar-refractivity contribution < 1.29 is 0 Å². The van der Waals surface area contributed by atoms with Crippen LogP contribution in [0.25, 0.3) is 0 Å². The summed E-state index contributed by atoms with van der Waals surface area (Å²) in [6.45, 7) is 3.34. The average molecular weight is 276 g/mol. The molecule has 2 heterocycles. The van der Waals surface area contributed by atoms with Gasteiger partial charge in [0.15, 0.2) is 0 Å². The van der Waals surface area contributed by atoms with E-state index in [2.05, 4.69) is 33.9 Å². The molecule has 1 aromatic heterocycles. The largest absolute Gasteiger partial charge is 0.359 e. The van der Waals surface area contributed by atoms with Crippen molar-refractivity contribution in [3.8, 4) is 0 Å². The van der Waals surface area contributed by atoms with Gasteiger partial charge in [-0.15, -0.1) is 0 Å². The second kappa shape index (κ2) is 5.56. The van der Waals surface area contributed by atoms with Gasteiger partial charge >= 0.3 is 0 Å². The number of aromatic nitrogens is 2. The van der Waals surface area contributed by atoms with E-state index < -0.39 is 0 Å². The molecule has 0 amide bonds. The molecule has 0 bridgehead atoms. The molecule has 3 rings (SSSR count). The lowest BCUT2D eigenvalue weighted by molar-refractivity contribution is 0.222. The van der Waals surface area contributed by atoms with Crippen LogP contribution in [0.15, 0.2) is 10.9 Å². The number of hydrogen-bond donors (Lipinski definition) is 1. The summed E-state index contributed by atoms with van der Waals surface area (Å²) in [5.74, 6) is 2.90. The summed E-state index contributed by atoms with van der Waals surface area (Å²) in [4.78, 5) is 23.8. The molecule has 1 N–H and O–H groups in total. The number of aromatic amines is 1. The minimum atomic E-state index is -0.0212. The zero-order valence-electron chi connectivity index (χ0n) is 12.4. The van der Waals surface area contributed by atoms with Crippen LogP contribution in [0.3, 0.4) is 0 Å². The first kappa shape index (κ1) is 13.6. The van der Waals surface area contributed by atoms with Crippen LogP contribution in [0.4, 0.5) is 5.82 Å². The third-order valence-corrected chi connectivity index (χ3v) is 4.47. The topological polar surface area (TPSA) is 52.2 Å². The first-order valence-electron chi connectivity index (χ1n) is 7.63. The van der Waals surface area contributed by atoms with Crippen LogP contribution < -0.4 is 10.5 Å². The Morgan fingerprint density at radius 3 is 2.70 bits per heavy atom. The molecule has 2 aliphatic rings. The number of H-pyrrole nitrogens is 1. The number of anilines is 1. The molecule has 2 fully saturated rings. The zero-order valence-corrected chi connectivity index (χ0v) is 12.4. The molecular formula is C15H24N4O. The first-order chi connectivity index (χ1) is 9.61. The SMILES string of the molecule is CN1CCC(CN(C)c2cc(=O)[nH]c(C3CC3)n2)CC1. The van der Waals surface area contributed by atoms with Gasteiger partial charge in [0.2, 0.25) is 0 Å². The summed E-state index contributed by atoms with van der Waals surface area (Å²) in [6.07, 6.45) is 4.79. The zero-order chi connectivity index (χ0) is 14.1. The summed E-state index contributed by atoms with van der Waals surface area (Å²) in [5.41, 5.74) is -0.0212. The Balaban J connectivity index is 1.67. The normalized spacial score (nSPS) is 21.1. The van der Waals surface area contributed by atoms with Crippen LogP contribution in [-0.4, -0.2) is 48.6 Å². The Morgan fingerprint density at radius 1 is 1.35 bits per heavy atom. The highest BCUT2D eigenvalue weighted by molar-refractivity contribution is 5.37. The van der Waals surface area contributed by atoms with Gasteiger partial charge in [-0.25, -0.2) is 4.98 Å². The molecule has 0 aromatic carbocycles. The molecule has 0 unspecified atom stereocenters. The third-order valence-electron chi connectivity index (χ3n) is 4.47. The van der Waals surface area contributed by atoms with Crippen molar-refractivity contribution in [2.75, 3.05) is 38.6 Å². The highest BCUT2D eigenvalue weighted by Crippen LogP contribution is 2.37. The van der Waals surface area contributed by atoms with Crippen LogP contribution in [0.1, 0.15) is 37.4 Å². The van der Waals surface area contributed by atoms with Crippen molar-refractivity contribution in [2.45, 2.75) is 31.6 Å². The minimum Gasteiger partial charge on any atom is -0.359 e. The van der Waals surface area contributed by atoms with Gasteiger partial charge < -0.3 is 14.8 Å². The van der Waals surface area contributed by atoms with E-state index in [1.807, 2.05) is 0 Å². The maximum atomic E-state index is 11.8. The number of nitrogens with one attached hydrogen (secondary N) is 1. The number of hydrogen-bond acceptors (Lipinski definition) is 4. The Kier molecular flexibility index (Phi) is 3.78. The number of piperidine rings is 1. The van der Waals surface area contributed by atoms with Gasteiger partial charge in [-0.05, 0) is 51.7 Å². The summed E-state index contributed by atoms with van der Waals surface area (Å²) < 4.78 is 0. The van der Waals surface area contributed by atoms with Gasteiger partial charge in [-0.1, -0.05) is 0 Å². The fourth-order valence-electron chi connectivity index (χ4n) is 2.93. The van der Waals surface area contributed by atoms with Crippen molar-refractivity contribution >= 4 is 5.82 Å². The molecule has 5 heteroatoms. The Bertz CT molecular complexity index is 515. The Labute approximate surface area is 120 Å². The summed E-state index contributed by atoms with van der Waals surface area (Å²) >= 11 is 0. The molecule has 0 spiro atoms. The van der Waals surface area contributed by atoms with Crippen molar-refractivity contribution in [3.63, 3.8) is 0 Å². The van der Waals surface area contributed by atoms with Crippen LogP contribution in [0, 0.1) is 5.92 Å². The standard InChI is InChI=1S/C15H24N4O/c1-18-7-5-11(6-8-18)10-19(2)13-9-14(20)17-15(16-13)12-3-4-12/h9,11-12H,3-8,10H2,1-2H3,(H,16,17,20). The molecule has 5 nitrogen and oxygen atoms in total. The Morgan fingerprint density at radius 2 is 2.05 bits per heavy atom. The summed E-state index contributed by atoms with van der Waals surface area (Å²) in [5, 5.41) is 0. The fourth-order valence-corrected chi connectivity index (χ4v) is 2.93. The molecule has 20 heavy (non-hydrogen) atoms. The molecule has 1 saturated heterocycles. The van der Waals surface area contributed by atoms with Crippen LogP contribution in [0.5, 0.6) is 0 Å². The molecule has 0 atom stereocenters. The van der Waals surface area contributed by atoms with Crippen LogP contribution in [0.2, 0.25) is 0 Å². The smallest absolute Gasteiger partial charge is 0.252 e. The van der Waals surface area contributed by atoms with Gasteiger partial charge in [0.25, 0.3) is 5.56 Å². The number of likely N-dealkylation sites (tertiary alicyclic amines) is 1. The molecule has 1 aromatic rings.